The number of aliphatic hydroxyl groups is 2. The molecule has 0 saturated heterocycles. The number of carbonyl (C=O) groups is 1. The third-order valence-electron chi connectivity index (χ3n) is 14.4. The van der Waals surface area contributed by atoms with Crippen molar-refractivity contribution in [1.82, 2.24) is 9.97 Å². The van der Waals surface area contributed by atoms with Gasteiger partial charge in [0.05, 0.1) is 41.2 Å². The number of hydrogen-bond donors (Lipinski definition) is 3. The Balaban J connectivity index is 1.14. The van der Waals surface area contributed by atoms with Crippen molar-refractivity contribution in [2.75, 3.05) is 12.4 Å². The Morgan fingerprint density at radius 1 is 0.957 bits per heavy atom. The third-order valence-corrected chi connectivity index (χ3v) is 14.4. The second-order valence-electron chi connectivity index (χ2n) is 17.0. The monoisotopic (exact) mass is 639 g/mol. The molecule has 0 bridgehead atoms. The Morgan fingerprint density at radius 2 is 1.62 bits per heavy atom. The number of carbonyl (C=O) groups excluding carboxylic acids is 1. The first-order chi connectivity index (χ1) is 22.1. The molecule has 7 rings (SSSR count). The third kappa shape index (κ3) is 4.85. The molecule has 0 spiro atoms. The molecule has 3 saturated carbocycles. The number of ether oxygens (including phenoxy) is 1. The van der Waals surface area contributed by atoms with Gasteiger partial charge in [-0.2, -0.15) is 0 Å². The number of benzene rings is 2. The number of para-hydroxylation sites is 2. The van der Waals surface area contributed by atoms with Gasteiger partial charge in [-0.3, -0.25) is 4.79 Å². The predicted octanol–water partition coefficient (Wildman–Crippen LogP) is 7.48. The summed E-state index contributed by atoms with van der Waals surface area (Å²) in [5.74, 6) is 1.29. The summed E-state index contributed by atoms with van der Waals surface area (Å²) in [6, 6.07) is 15.5. The van der Waals surface area contributed by atoms with Crippen LogP contribution in [0.25, 0.3) is 11.0 Å². The molecule has 2 aromatic carbocycles. The molecular formula is C40H53N3O4. The summed E-state index contributed by atoms with van der Waals surface area (Å²) < 4.78 is 5.22. The van der Waals surface area contributed by atoms with Crippen molar-refractivity contribution in [3.8, 4) is 5.75 Å². The standard InChI is InChI=1S/C40H53N3O4/c1-36(2)31-17-20-38(4)32(37(31,3)23-29-35(36)43-28-11-9-8-10-27(28)42-29)22-30(44)34-26(16-19-39(34,38)5)40(6,46)21-18-33(45)41-24-12-14-25(47-7)15-13-24/h8-15,26,30-32,34,44,46H,16-23H2,1-7H3,(H,41,45)/t26-,30+,31-,32+,34-,37-,38+,39+,40-/m0/s1. The molecule has 1 aromatic heterocycles. The van der Waals surface area contributed by atoms with Gasteiger partial charge in [-0.15, -0.1) is 0 Å². The number of rotatable bonds is 6. The fraction of sp³-hybridized carbons (Fsp3) is 0.625. The minimum Gasteiger partial charge on any atom is -0.497 e. The van der Waals surface area contributed by atoms with Crippen LogP contribution in [-0.2, 0) is 16.6 Å². The topological polar surface area (TPSA) is 105 Å². The number of nitrogens with zero attached hydrogens (tertiary/aromatic N) is 2. The first-order valence-electron chi connectivity index (χ1n) is 17.7. The van der Waals surface area contributed by atoms with Crippen LogP contribution in [0.3, 0.4) is 0 Å². The van der Waals surface area contributed by atoms with Gasteiger partial charge in [-0.1, -0.05) is 46.8 Å². The minimum absolute atomic E-state index is 0.0105. The molecule has 0 radical (unpaired) electrons. The number of amides is 1. The van der Waals surface area contributed by atoms with Crippen LogP contribution in [0.15, 0.2) is 48.5 Å². The second-order valence-corrected chi connectivity index (χ2v) is 17.0. The fourth-order valence-electron chi connectivity index (χ4n) is 11.9. The Kier molecular flexibility index (Phi) is 7.61. The molecule has 1 heterocycles. The van der Waals surface area contributed by atoms with Gasteiger partial charge in [-0.25, -0.2) is 9.97 Å². The largest absolute Gasteiger partial charge is 0.497 e. The van der Waals surface area contributed by atoms with Gasteiger partial charge in [-0.05, 0) is 128 Å². The molecule has 3 fully saturated rings. The Morgan fingerprint density at radius 3 is 2.30 bits per heavy atom. The maximum absolute atomic E-state index is 12.9. The van der Waals surface area contributed by atoms with E-state index in [1.54, 1.807) is 7.11 Å². The zero-order chi connectivity index (χ0) is 33.6. The van der Waals surface area contributed by atoms with Crippen molar-refractivity contribution < 1.29 is 19.7 Å². The highest BCUT2D eigenvalue weighted by molar-refractivity contribution is 5.90. The van der Waals surface area contributed by atoms with Crippen LogP contribution in [0.5, 0.6) is 5.75 Å². The minimum atomic E-state index is -1.06. The summed E-state index contributed by atoms with van der Waals surface area (Å²) in [6.45, 7) is 14.0. The summed E-state index contributed by atoms with van der Waals surface area (Å²) in [7, 11) is 1.62. The second kappa shape index (κ2) is 11.0. The Labute approximate surface area is 279 Å². The van der Waals surface area contributed by atoms with Gasteiger partial charge in [0.1, 0.15) is 5.75 Å². The molecule has 9 atom stereocenters. The number of aromatic nitrogens is 2. The fourth-order valence-corrected chi connectivity index (χ4v) is 11.9. The lowest BCUT2D eigenvalue weighted by Gasteiger charge is -2.69. The van der Waals surface area contributed by atoms with E-state index in [1.807, 2.05) is 43.3 Å². The lowest BCUT2D eigenvalue weighted by Crippen LogP contribution is -2.66. The maximum atomic E-state index is 12.9. The van der Waals surface area contributed by atoms with E-state index in [0.717, 1.165) is 66.7 Å². The Bertz CT molecular complexity index is 1690. The molecule has 3 aromatic rings. The summed E-state index contributed by atoms with van der Waals surface area (Å²) in [5, 5.41) is 27.2. The maximum Gasteiger partial charge on any atom is 0.224 e. The first kappa shape index (κ1) is 32.5. The number of fused-ring (bicyclic) bond motifs is 7. The SMILES string of the molecule is COc1ccc(NC(=O)CC[C@](C)(O)[C@H]2CC[C@]3(C)[C@@H]2[C@H](O)C[C@@H]2[C@@]4(C)Cc5nc6ccccc6nc5C(C)(C)[C@@H]4CC[C@]23C)cc1. The molecule has 7 nitrogen and oxygen atoms in total. The van der Waals surface area contributed by atoms with Gasteiger partial charge in [0, 0.05) is 17.5 Å². The van der Waals surface area contributed by atoms with Gasteiger partial charge in [0.15, 0.2) is 0 Å². The summed E-state index contributed by atoms with van der Waals surface area (Å²) in [5.41, 5.74) is 3.57. The number of nitrogens with one attached hydrogen (secondary N) is 1. The van der Waals surface area contributed by atoms with Crippen LogP contribution in [0.4, 0.5) is 5.69 Å². The van der Waals surface area contributed by atoms with Crippen molar-refractivity contribution in [2.24, 2.45) is 39.9 Å². The highest BCUT2D eigenvalue weighted by Gasteiger charge is 2.71. The van der Waals surface area contributed by atoms with Crippen LogP contribution < -0.4 is 10.1 Å². The molecule has 4 aliphatic rings. The molecule has 47 heavy (non-hydrogen) atoms. The zero-order valence-corrected chi connectivity index (χ0v) is 29.3. The summed E-state index contributed by atoms with van der Waals surface area (Å²) in [4.78, 5) is 23.4. The number of anilines is 1. The van der Waals surface area contributed by atoms with Crippen molar-refractivity contribution in [2.45, 2.75) is 110 Å². The van der Waals surface area contributed by atoms with E-state index >= 15 is 0 Å². The van der Waals surface area contributed by atoms with Crippen LogP contribution >= 0.6 is 0 Å². The van der Waals surface area contributed by atoms with Crippen LogP contribution in [0.1, 0.15) is 97.9 Å². The van der Waals surface area contributed by atoms with Crippen LogP contribution in [0, 0.1) is 39.9 Å². The van der Waals surface area contributed by atoms with E-state index < -0.39 is 11.7 Å². The molecule has 4 aliphatic carbocycles. The van der Waals surface area contributed by atoms with Crippen molar-refractivity contribution in [3.63, 3.8) is 0 Å². The highest BCUT2D eigenvalue weighted by Crippen LogP contribution is 2.75. The highest BCUT2D eigenvalue weighted by atomic mass is 16.5. The number of hydrogen-bond acceptors (Lipinski definition) is 6. The predicted molar refractivity (Wildman–Crippen MR) is 185 cm³/mol. The molecule has 3 N–H and O–H groups in total. The number of aliphatic hydroxyl groups excluding tert-OH is 1. The normalized spacial score (nSPS) is 36.7. The van der Waals surface area contributed by atoms with E-state index in [1.165, 1.54) is 0 Å². The lowest BCUT2D eigenvalue weighted by atomic mass is 9.35. The molecule has 0 aliphatic heterocycles. The van der Waals surface area contributed by atoms with E-state index in [-0.39, 0.29) is 45.8 Å². The quantitative estimate of drug-likeness (QED) is 0.258. The molecular weight excluding hydrogens is 586 g/mol. The summed E-state index contributed by atoms with van der Waals surface area (Å²) in [6.07, 6.45) is 5.76. The summed E-state index contributed by atoms with van der Waals surface area (Å²) >= 11 is 0. The van der Waals surface area contributed by atoms with Crippen molar-refractivity contribution in [3.05, 3.63) is 59.9 Å². The Hall–Kier alpha value is -3.03. The smallest absolute Gasteiger partial charge is 0.224 e. The van der Waals surface area contributed by atoms with Gasteiger partial charge in [0.2, 0.25) is 5.91 Å². The van der Waals surface area contributed by atoms with Crippen LogP contribution in [-0.4, -0.2) is 44.9 Å². The molecule has 1 amide bonds. The van der Waals surface area contributed by atoms with Gasteiger partial charge in [0.25, 0.3) is 0 Å². The van der Waals surface area contributed by atoms with E-state index in [0.29, 0.717) is 23.9 Å². The van der Waals surface area contributed by atoms with Crippen molar-refractivity contribution >= 4 is 22.6 Å². The van der Waals surface area contributed by atoms with Gasteiger partial charge >= 0.3 is 0 Å². The first-order valence-corrected chi connectivity index (χ1v) is 17.7. The average Bonchev–Trinajstić information content (AvgIpc) is 3.42. The van der Waals surface area contributed by atoms with E-state index in [4.69, 9.17) is 14.7 Å². The molecule has 252 valence electrons. The average molecular weight is 640 g/mol. The van der Waals surface area contributed by atoms with Crippen molar-refractivity contribution in [1.29, 1.82) is 0 Å². The lowest BCUT2D eigenvalue weighted by molar-refractivity contribution is -0.224. The molecule has 7 heteroatoms. The zero-order valence-electron chi connectivity index (χ0n) is 29.3. The van der Waals surface area contributed by atoms with E-state index in [2.05, 4.69) is 52.1 Å². The van der Waals surface area contributed by atoms with Gasteiger partial charge < -0.3 is 20.3 Å². The number of methoxy groups -OCH3 is 1. The molecule has 0 unspecified atom stereocenters. The van der Waals surface area contributed by atoms with E-state index in [9.17, 15) is 15.0 Å². The van der Waals surface area contributed by atoms with Crippen LogP contribution in [0.2, 0.25) is 0 Å².